The lowest BCUT2D eigenvalue weighted by Crippen LogP contribution is -2.30. The van der Waals surface area contributed by atoms with Crippen molar-refractivity contribution in [3.05, 3.63) is 64.6 Å². The fourth-order valence-corrected chi connectivity index (χ4v) is 5.68. The zero-order valence-corrected chi connectivity index (χ0v) is 18.2. The van der Waals surface area contributed by atoms with Crippen molar-refractivity contribution in [2.24, 2.45) is 0 Å². The van der Waals surface area contributed by atoms with E-state index in [1.165, 1.54) is 27.9 Å². The van der Waals surface area contributed by atoms with Crippen molar-refractivity contribution in [2.45, 2.75) is 24.3 Å². The molecule has 0 unspecified atom stereocenters. The highest BCUT2D eigenvalue weighted by Gasteiger charge is 2.29. The van der Waals surface area contributed by atoms with E-state index < -0.39 is 10.0 Å². The first-order valence-electron chi connectivity index (χ1n) is 9.66. The normalized spacial score (nSPS) is 14.1. The largest absolute Gasteiger partial charge is 0.497 e. The van der Waals surface area contributed by atoms with Crippen LogP contribution in [0.25, 0.3) is 0 Å². The molecule has 30 heavy (non-hydrogen) atoms. The maximum atomic E-state index is 13.5. The van der Waals surface area contributed by atoms with E-state index in [1.807, 2.05) is 17.5 Å². The molecule has 0 saturated carbocycles. The van der Waals surface area contributed by atoms with Crippen LogP contribution in [0.3, 0.4) is 0 Å². The molecule has 1 N–H and O–H groups in total. The van der Waals surface area contributed by atoms with Gasteiger partial charge >= 0.3 is 0 Å². The van der Waals surface area contributed by atoms with Gasteiger partial charge in [0, 0.05) is 24.2 Å². The average Bonchev–Trinajstić information content (AvgIpc) is 3.54. The predicted molar refractivity (Wildman–Crippen MR) is 117 cm³/mol. The van der Waals surface area contributed by atoms with Gasteiger partial charge in [-0.25, -0.2) is 8.42 Å². The molecule has 1 aliphatic heterocycles. The molecular weight excluding hydrogens is 422 g/mol. The van der Waals surface area contributed by atoms with Crippen LogP contribution in [0.4, 0.5) is 5.69 Å². The minimum absolute atomic E-state index is 0.0671. The molecule has 7 nitrogen and oxygen atoms in total. The molecule has 9 heteroatoms. The molecule has 158 valence electrons. The summed E-state index contributed by atoms with van der Waals surface area (Å²) in [6.45, 7) is 1.61. The quantitative estimate of drug-likeness (QED) is 0.601. The molecule has 2 aromatic heterocycles. The van der Waals surface area contributed by atoms with E-state index in [-0.39, 0.29) is 17.3 Å². The Kier molecular flexibility index (Phi) is 5.83. The van der Waals surface area contributed by atoms with Gasteiger partial charge in [-0.1, -0.05) is 6.07 Å². The number of H-pyrrole nitrogens is 1. The van der Waals surface area contributed by atoms with Gasteiger partial charge in [0.15, 0.2) is 0 Å². The third-order valence-electron chi connectivity index (χ3n) is 5.11. The Hall–Kier alpha value is -2.78. The number of nitrogens with zero attached hydrogens (tertiary/aromatic N) is 2. The summed E-state index contributed by atoms with van der Waals surface area (Å²) in [6.07, 6.45) is 3.34. The minimum Gasteiger partial charge on any atom is -0.497 e. The van der Waals surface area contributed by atoms with Crippen molar-refractivity contribution in [1.29, 1.82) is 0 Å². The van der Waals surface area contributed by atoms with Crippen molar-refractivity contribution in [3.8, 4) is 5.75 Å². The highest BCUT2D eigenvalue weighted by molar-refractivity contribution is 7.92. The van der Waals surface area contributed by atoms with E-state index in [2.05, 4.69) is 4.98 Å². The van der Waals surface area contributed by atoms with Crippen molar-refractivity contribution in [3.63, 3.8) is 0 Å². The SMILES string of the molecule is COc1ccc(N(Cc2cccs2)S(=O)(=O)c2c[nH]c(C(=O)N3CCCC3)c2)cc1. The summed E-state index contributed by atoms with van der Waals surface area (Å²) in [5.74, 6) is 0.482. The van der Waals surface area contributed by atoms with Gasteiger partial charge in [-0.3, -0.25) is 9.10 Å². The van der Waals surface area contributed by atoms with Crippen LogP contribution < -0.4 is 9.04 Å². The summed E-state index contributed by atoms with van der Waals surface area (Å²) in [6, 6.07) is 12.1. The zero-order chi connectivity index (χ0) is 21.1. The van der Waals surface area contributed by atoms with Crippen LogP contribution in [0, 0.1) is 0 Å². The number of aromatic nitrogens is 1. The Morgan fingerprint density at radius 2 is 1.93 bits per heavy atom. The van der Waals surface area contributed by atoms with Crippen LogP contribution >= 0.6 is 11.3 Å². The Bertz CT molecular complexity index is 1100. The van der Waals surface area contributed by atoms with E-state index in [1.54, 1.807) is 36.3 Å². The first kappa shape index (κ1) is 20.5. The number of thiophene rings is 1. The summed E-state index contributed by atoms with van der Waals surface area (Å²) in [7, 11) is -2.33. The summed E-state index contributed by atoms with van der Waals surface area (Å²) >= 11 is 1.49. The van der Waals surface area contributed by atoms with Gasteiger partial charge in [-0.2, -0.15) is 0 Å². The molecule has 1 aliphatic rings. The van der Waals surface area contributed by atoms with Crippen LogP contribution in [-0.4, -0.2) is 44.4 Å². The minimum atomic E-state index is -3.89. The lowest BCUT2D eigenvalue weighted by atomic mass is 10.3. The highest BCUT2D eigenvalue weighted by Crippen LogP contribution is 2.29. The summed E-state index contributed by atoms with van der Waals surface area (Å²) in [5, 5.41) is 1.91. The molecule has 1 amide bonds. The van der Waals surface area contributed by atoms with Crippen molar-refractivity contribution < 1.29 is 17.9 Å². The number of benzene rings is 1. The van der Waals surface area contributed by atoms with E-state index >= 15 is 0 Å². The number of hydrogen-bond donors (Lipinski definition) is 1. The summed E-state index contributed by atoms with van der Waals surface area (Å²) < 4.78 is 33.6. The monoisotopic (exact) mass is 445 g/mol. The second-order valence-electron chi connectivity index (χ2n) is 7.04. The molecular formula is C21H23N3O4S2. The van der Waals surface area contributed by atoms with Crippen LogP contribution in [0.5, 0.6) is 5.75 Å². The van der Waals surface area contributed by atoms with Gasteiger partial charge in [0.05, 0.1) is 19.3 Å². The molecule has 0 aliphatic carbocycles. The molecule has 1 aromatic carbocycles. The summed E-state index contributed by atoms with van der Waals surface area (Å²) in [4.78, 5) is 18.2. The molecule has 1 saturated heterocycles. The third kappa shape index (κ3) is 4.08. The molecule has 1 fully saturated rings. The predicted octanol–water partition coefficient (Wildman–Crippen LogP) is 3.72. The number of rotatable bonds is 7. The lowest BCUT2D eigenvalue weighted by Gasteiger charge is -2.23. The Labute approximate surface area is 179 Å². The third-order valence-corrected chi connectivity index (χ3v) is 7.72. The number of anilines is 1. The first-order chi connectivity index (χ1) is 14.5. The van der Waals surface area contributed by atoms with Crippen molar-refractivity contribution in [1.82, 2.24) is 9.88 Å². The number of sulfonamides is 1. The molecule has 4 rings (SSSR count). The highest BCUT2D eigenvalue weighted by atomic mass is 32.2. The summed E-state index contributed by atoms with van der Waals surface area (Å²) in [5.41, 5.74) is 0.819. The van der Waals surface area contributed by atoms with Gasteiger partial charge in [0.1, 0.15) is 16.3 Å². The number of ether oxygens (including phenoxy) is 1. The van der Waals surface area contributed by atoms with Crippen molar-refractivity contribution in [2.75, 3.05) is 24.5 Å². The molecule has 0 radical (unpaired) electrons. The van der Waals surface area contributed by atoms with Gasteiger partial charge in [-0.15, -0.1) is 11.3 Å². The Morgan fingerprint density at radius 3 is 2.57 bits per heavy atom. The molecule has 3 heterocycles. The van der Waals surface area contributed by atoms with Crippen LogP contribution in [0.2, 0.25) is 0 Å². The van der Waals surface area contributed by atoms with Crippen LogP contribution in [0.1, 0.15) is 28.2 Å². The lowest BCUT2D eigenvalue weighted by molar-refractivity contribution is 0.0787. The number of methoxy groups -OCH3 is 1. The van der Waals surface area contributed by atoms with E-state index in [9.17, 15) is 13.2 Å². The standard InChI is InChI=1S/C21H23N3O4S2/c1-28-17-8-6-16(7-9-17)24(15-18-5-4-12-29-18)30(26,27)19-13-20(22-14-19)21(25)23-10-2-3-11-23/h4-9,12-14,22H,2-3,10-11,15H2,1H3. The smallest absolute Gasteiger partial charge is 0.270 e. The fourth-order valence-electron chi connectivity index (χ4n) is 3.47. The molecule has 3 aromatic rings. The number of aromatic amines is 1. The topological polar surface area (TPSA) is 82.7 Å². The Balaban J connectivity index is 1.67. The maximum Gasteiger partial charge on any atom is 0.270 e. The number of carbonyl (C=O) groups is 1. The number of likely N-dealkylation sites (tertiary alicyclic amines) is 1. The van der Waals surface area contributed by atoms with Gasteiger partial charge in [0.2, 0.25) is 0 Å². The number of hydrogen-bond acceptors (Lipinski definition) is 5. The second kappa shape index (κ2) is 8.53. The van der Waals surface area contributed by atoms with Crippen molar-refractivity contribution >= 4 is 33.0 Å². The maximum absolute atomic E-state index is 13.5. The molecule has 0 bridgehead atoms. The molecule has 0 atom stereocenters. The second-order valence-corrected chi connectivity index (χ2v) is 9.93. The van der Waals surface area contributed by atoms with Gasteiger partial charge in [-0.05, 0) is 54.6 Å². The number of nitrogens with one attached hydrogen (secondary N) is 1. The van der Waals surface area contributed by atoms with Gasteiger partial charge < -0.3 is 14.6 Å². The average molecular weight is 446 g/mol. The van der Waals surface area contributed by atoms with E-state index in [0.29, 0.717) is 30.2 Å². The fraction of sp³-hybridized carbons (Fsp3) is 0.286. The number of amides is 1. The number of carbonyl (C=O) groups excluding carboxylic acids is 1. The Morgan fingerprint density at radius 1 is 1.20 bits per heavy atom. The molecule has 0 spiro atoms. The van der Waals surface area contributed by atoms with Crippen LogP contribution in [0.15, 0.2) is 58.9 Å². The first-order valence-corrected chi connectivity index (χ1v) is 12.0. The zero-order valence-electron chi connectivity index (χ0n) is 16.6. The van der Waals surface area contributed by atoms with Crippen LogP contribution in [-0.2, 0) is 16.6 Å². The van der Waals surface area contributed by atoms with Gasteiger partial charge in [0.25, 0.3) is 15.9 Å². The van der Waals surface area contributed by atoms with E-state index in [4.69, 9.17) is 4.74 Å². The van der Waals surface area contributed by atoms with E-state index in [0.717, 1.165) is 17.7 Å².